The van der Waals surface area contributed by atoms with Crippen LogP contribution in [0, 0.1) is 22.3 Å². The Morgan fingerprint density at radius 3 is 1.10 bits per heavy atom. The number of anilines is 1. The SMILES string of the molecule is COC(=O)CCCNc1ccc(C[C@H]2CCCc3cc(O)c(O)cc32)cc1I.COc1c(Br)cc(C[C@H]2NCCc3cc(O)c(O)cc32)cc1Br.COc1c(Cl)cc(C[C@H]2NCCc3cc(O)c(O)cc32)cc1Cl.COc1c(F)cc(C[C@H]2NCCc3cc(O)c(O)cc32)cc1F.COc1c(I)cc(C[C@H]2NCCc3cc(O)c(O)cc32)cc1I.Cl.Cl.Cl.Cl. The topological polar surface area (TPSA) is 326 Å². The zero-order chi connectivity index (χ0) is 86.3. The number of ether oxygens (including phenoxy) is 5. The Morgan fingerprint density at radius 1 is 0.411 bits per heavy atom. The third-order valence-corrected chi connectivity index (χ3v) is 25.9. The van der Waals surface area contributed by atoms with Crippen molar-refractivity contribution in [2.45, 2.75) is 120 Å². The van der Waals surface area contributed by atoms with E-state index in [1.165, 1.54) is 56.7 Å². The van der Waals surface area contributed by atoms with Gasteiger partial charge in [-0.1, -0.05) is 29.3 Å². The number of phenolic OH excluding ortho intramolecular Hbond substituents is 10. The fourth-order valence-corrected chi connectivity index (χ4v) is 21.3. The number of carbonyl (C=O) groups is 1. The smallest absolute Gasteiger partial charge is 0.305 e. The number of phenols is 10. The molecule has 0 saturated heterocycles. The lowest BCUT2D eigenvalue weighted by Gasteiger charge is -2.27. The van der Waals surface area contributed by atoms with Crippen molar-refractivity contribution in [1.29, 1.82) is 0 Å². The zero-order valence-corrected chi connectivity index (χ0v) is 82.3. The first kappa shape index (κ1) is 104. The molecule has 0 fully saturated rings. The minimum absolute atomic E-state index is 0. The standard InChI is InChI=1S/C22H26INO4.C17H17Br2NO3.C17H17Cl2NO3.C17H17F2NO3.C17H17I2NO3.4ClH/c1-28-22(27)6-3-9-24-19-8-7-14(11-18(19)23)10-15-4-2-5-16-12-20(25)21(26)13-17(15)16;4*1-23-17-12(18)4-9(5-13(17)19)6-14-11-8-16(22)15(21)7-10(11)2-3-20-14;;;;/h7-8,11-13,15,24-26H,2-6,9-10H2,1H3;4*4-5,7-8,14,20-22H,2-3,6H2,1H3;4*1H/t15-;4*14-;;;;/m11111..../s1. The third kappa shape index (κ3) is 26.7. The van der Waals surface area contributed by atoms with Gasteiger partial charge in [-0.2, -0.15) is 0 Å². The largest absolute Gasteiger partial charge is 0.504 e. The number of fused-ring (bicyclic) bond motifs is 5. The maximum Gasteiger partial charge on any atom is 0.305 e. The number of hydrogen-bond donors (Lipinski definition) is 15. The Kier molecular flexibility index (Phi) is 40.9. The van der Waals surface area contributed by atoms with E-state index >= 15 is 0 Å². The molecule has 5 atom stereocenters. The molecule has 15 rings (SSSR count). The molecule has 10 aromatic rings. The molecule has 0 radical (unpaired) electrons. The highest BCUT2D eigenvalue weighted by Crippen LogP contribution is 2.45. The van der Waals surface area contributed by atoms with E-state index in [9.17, 15) is 64.6 Å². The molecular weight excluding hydrogens is 2200 g/mol. The summed E-state index contributed by atoms with van der Waals surface area (Å²) in [7, 11) is 7.48. The van der Waals surface area contributed by atoms with E-state index in [2.05, 4.69) is 166 Å². The van der Waals surface area contributed by atoms with Crippen LogP contribution in [0.2, 0.25) is 10.0 Å². The minimum atomic E-state index is -0.743. The van der Waals surface area contributed by atoms with E-state index in [-0.39, 0.29) is 137 Å². The second-order valence-corrected chi connectivity index (χ2v) is 35.6. The molecule has 4 heterocycles. The molecule has 0 saturated carbocycles. The van der Waals surface area contributed by atoms with E-state index in [1.807, 2.05) is 24.3 Å². The molecule has 10 aromatic carbocycles. The Morgan fingerprint density at radius 2 is 0.742 bits per heavy atom. The Labute approximate surface area is 811 Å². The summed E-state index contributed by atoms with van der Waals surface area (Å²) < 4.78 is 58.0. The minimum Gasteiger partial charge on any atom is -0.504 e. The van der Waals surface area contributed by atoms with Crippen LogP contribution in [-0.2, 0) is 73.7 Å². The van der Waals surface area contributed by atoms with Crippen LogP contribution < -0.4 is 45.5 Å². The highest BCUT2D eigenvalue weighted by Gasteiger charge is 2.30. The van der Waals surface area contributed by atoms with E-state index in [0.717, 1.165) is 194 Å². The van der Waals surface area contributed by atoms with Crippen LogP contribution in [0.15, 0.2) is 136 Å². The number of benzene rings is 10. The van der Waals surface area contributed by atoms with Gasteiger partial charge in [-0.05, 0) is 420 Å². The Bertz CT molecular complexity index is 4790. The van der Waals surface area contributed by atoms with Crippen LogP contribution >= 0.6 is 172 Å². The third-order valence-electron chi connectivity index (χ3n) is 21.7. The van der Waals surface area contributed by atoms with Gasteiger partial charge >= 0.3 is 5.97 Å². The van der Waals surface area contributed by atoms with Crippen LogP contribution in [0.25, 0.3) is 0 Å². The molecule has 0 amide bonds. The molecule has 670 valence electrons. The highest BCUT2D eigenvalue weighted by atomic mass is 127. The van der Waals surface area contributed by atoms with Crippen LogP contribution in [0.4, 0.5) is 14.5 Å². The fraction of sp³-hybridized carbons (Fsp3) is 0.322. The first-order valence-corrected chi connectivity index (χ1v) is 44.4. The van der Waals surface area contributed by atoms with Gasteiger partial charge in [-0.3, -0.25) is 4.79 Å². The van der Waals surface area contributed by atoms with Gasteiger partial charge < -0.3 is 101 Å². The van der Waals surface area contributed by atoms with Gasteiger partial charge in [0.25, 0.3) is 0 Å². The van der Waals surface area contributed by atoms with Crippen molar-refractivity contribution < 1.29 is 88.3 Å². The normalized spacial score (nSPS) is 16.1. The number of hydrogen-bond acceptors (Lipinski definition) is 21. The molecule has 21 nitrogen and oxygen atoms in total. The quantitative estimate of drug-likeness (QED) is 0.0155. The monoisotopic (exact) mass is 2290 g/mol. The molecule has 124 heavy (non-hydrogen) atoms. The van der Waals surface area contributed by atoms with Crippen molar-refractivity contribution in [3.8, 4) is 80.5 Å². The first-order chi connectivity index (χ1) is 57.4. The predicted octanol–water partition coefficient (Wildman–Crippen LogP) is 20.9. The van der Waals surface area contributed by atoms with Gasteiger partial charge in [0.05, 0.1) is 61.7 Å². The molecule has 5 aliphatic rings. The lowest BCUT2D eigenvalue weighted by atomic mass is 9.79. The number of aromatic hydroxyl groups is 10. The van der Waals surface area contributed by atoms with Crippen molar-refractivity contribution >= 4 is 184 Å². The molecular formula is C90H98Br2Cl6F2I3N5O16. The van der Waals surface area contributed by atoms with E-state index in [1.54, 1.807) is 62.8 Å². The van der Waals surface area contributed by atoms with Crippen LogP contribution in [0.5, 0.6) is 80.5 Å². The predicted molar refractivity (Wildman–Crippen MR) is 521 cm³/mol. The summed E-state index contributed by atoms with van der Waals surface area (Å²) in [6.07, 6.45) is 11.0. The maximum atomic E-state index is 13.8. The van der Waals surface area contributed by atoms with Gasteiger partial charge in [-0.25, -0.2) is 8.78 Å². The molecule has 0 unspecified atom stereocenters. The number of halogens is 13. The van der Waals surface area contributed by atoms with Crippen LogP contribution in [0.3, 0.4) is 0 Å². The molecule has 1 aliphatic carbocycles. The second kappa shape index (κ2) is 48.6. The number of nitrogens with one attached hydrogen (secondary N) is 5. The molecule has 0 spiro atoms. The van der Waals surface area contributed by atoms with Crippen molar-refractivity contribution in [2.75, 3.05) is 73.6 Å². The number of aryl methyl sites for hydroxylation is 1. The summed E-state index contributed by atoms with van der Waals surface area (Å²) in [5, 5.41) is 115. The highest BCUT2D eigenvalue weighted by molar-refractivity contribution is 14.1. The average Bonchev–Trinajstić information content (AvgIpc) is 0.807. The molecule has 0 aromatic heterocycles. The Balaban J connectivity index is 0.000000212. The van der Waals surface area contributed by atoms with Crippen molar-refractivity contribution in [2.24, 2.45) is 0 Å². The summed E-state index contributed by atoms with van der Waals surface area (Å²) >= 11 is 26.4. The number of esters is 1. The Hall–Kier alpha value is -6.74. The lowest BCUT2D eigenvalue weighted by molar-refractivity contribution is -0.140. The van der Waals surface area contributed by atoms with E-state index < -0.39 is 17.4 Å². The maximum absolute atomic E-state index is 13.8. The molecule has 0 bridgehead atoms. The number of carbonyl (C=O) groups excluding carboxylic acids is 1. The van der Waals surface area contributed by atoms with Gasteiger partial charge in [0, 0.05) is 46.4 Å². The van der Waals surface area contributed by atoms with Crippen molar-refractivity contribution in [3.05, 3.63) is 252 Å². The van der Waals surface area contributed by atoms with Crippen molar-refractivity contribution in [1.82, 2.24) is 21.3 Å². The van der Waals surface area contributed by atoms with Gasteiger partial charge in [0.2, 0.25) is 0 Å². The molecule has 34 heteroatoms. The van der Waals surface area contributed by atoms with Gasteiger partial charge in [-0.15, -0.1) is 49.6 Å². The zero-order valence-electron chi connectivity index (χ0n) is 67.9. The van der Waals surface area contributed by atoms with E-state index in [4.69, 9.17) is 37.4 Å². The van der Waals surface area contributed by atoms with Crippen LogP contribution in [-0.4, -0.2) is 125 Å². The van der Waals surface area contributed by atoms with Crippen LogP contribution in [0.1, 0.15) is 139 Å². The summed E-state index contributed by atoms with van der Waals surface area (Å²) in [6, 6.07) is 37.4. The summed E-state index contributed by atoms with van der Waals surface area (Å²) in [5.74, 6) is -0.416. The van der Waals surface area contributed by atoms with Crippen molar-refractivity contribution in [3.63, 3.8) is 0 Å². The fourth-order valence-electron chi connectivity index (χ4n) is 15.9. The molecule has 4 aliphatic heterocycles. The summed E-state index contributed by atoms with van der Waals surface area (Å²) in [5.41, 5.74) is 16.5. The number of methoxy groups -OCH3 is 5. The number of rotatable bonds is 19. The lowest BCUT2D eigenvalue weighted by Crippen LogP contribution is -2.31. The summed E-state index contributed by atoms with van der Waals surface area (Å²) in [4.78, 5) is 11.2. The summed E-state index contributed by atoms with van der Waals surface area (Å²) in [6.45, 7) is 3.93. The second-order valence-electron chi connectivity index (χ2n) is 29.6. The molecule has 15 N–H and O–H groups in total. The first-order valence-electron chi connectivity index (χ1n) is 38.8. The average molecular weight is 2300 g/mol. The van der Waals surface area contributed by atoms with Gasteiger partial charge in [0.15, 0.2) is 80.6 Å². The van der Waals surface area contributed by atoms with E-state index in [0.29, 0.717) is 59.5 Å². The van der Waals surface area contributed by atoms with Gasteiger partial charge in [0.1, 0.15) is 11.5 Å².